The first-order valence-electron chi connectivity index (χ1n) is 22.1. The van der Waals surface area contributed by atoms with Crippen molar-refractivity contribution in [1.82, 2.24) is 0 Å². The van der Waals surface area contributed by atoms with Crippen molar-refractivity contribution >= 4 is 66.2 Å². The van der Waals surface area contributed by atoms with Crippen LogP contribution in [0.3, 0.4) is 0 Å². The number of rotatable bonds is 7. The molecule has 0 unspecified atom stereocenters. The van der Waals surface area contributed by atoms with Crippen molar-refractivity contribution in [2.24, 2.45) is 0 Å². The van der Waals surface area contributed by atoms with E-state index in [0.29, 0.717) is 0 Å². The predicted octanol–water partition coefficient (Wildman–Crippen LogP) is 17.4. The minimum Gasteiger partial charge on any atom is -0.310 e. The maximum Gasteiger partial charge on any atom is 0.0540 e. The third kappa shape index (κ3) is 6.40. The molecule has 1 aliphatic carbocycles. The van der Waals surface area contributed by atoms with E-state index < -0.39 is 0 Å². The van der Waals surface area contributed by atoms with Crippen LogP contribution in [0.2, 0.25) is 0 Å². The number of allylic oxidation sites excluding steroid dienone is 1. The lowest BCUT2D eigenvalue weighted by Gasteiger charge is -2.29. The molecule has 0 aliphatic heterocycles. The van der Waals surface area contributed by atoms with Crippen molar-refractivity contribution in [1.29, 1.82) is 0 Å². The smallest absolute Gasteiger partial charge is 0.0540 e. The zero-order chi connectivity index (χ0) is 41.7. The maximum atomic E-state index is 2.49. The summed E-state index contributed by atoms with van der Waals surface area (Å²) in [5, 5.41) is 9.81. The molecule has 0 spiro atoms. The summed E-state index contributed by atoms with van der Waals surface area (Å²) in [4.78, 5) is 2.49. The van der Waals surface area contributed by atoms with Crippen molar-refractivity contribution in [3.8, 4) is 44.5 Å². The van der Waals surface area contributed by atoms with Crippen LogP contribution in [-0.2, 0) is 6.42 Å². The Morgan fingerprint density at radius 2 is 0.714 bits per heavy atom. The number of anilines is 3. The first kappa shape index (κ1) is 36.8. The van der Waals surface area contributed by atoms with Crippen LogP contribution in [0.15, 0.2) is 231 Å². The van der Waals surface area contributed by atoms with E-state index in [1.54, 1.807) is 0 Å². The number of fused-ring (bicyclic) bond motifs is 5. The second-order valence-corrected chi connectivity index (χ2v) is 16.7. The Kier molecular flexibility index (Phi) is 9.04. The molecule has 0 fully saturated rings. The van der Waals surface area contributed by atoms with Gasteiger partial charge in [0.15, 0.2) is 0 Å². The Bertz CT molecular complexity index is 3570. The summed E-state index contributed by atoms with van der Waals surface area (Å²) in [6, 6.07) is 83.1. The van der Waals surface area contributed by atoms with Crippen molar-refractivity contribution in [3.63, 3.8) is 0 Å². The van der Waals surface area contributed by atoms with Crippen LogP contribution >= 0.6 is 0 Å². The van der Waals surface area contributed by atoms with Crippen LogP contribution in [0.5, 0.6) is 0 Å². The summed E-state index contributed by atoms with van der Waals surface area (Å²) in [5.41, 5.74) is 15.8. The van der Waals surface area contributed by atoms with E-state index >= 15 is 0 Å². The summed E-state index contributed by atoms with van der Waals surface area (Å²) >= 11 is 0. The number of benzene rings is 11. The van der Waals surface area contributed by atoms with Gasteiger partial charge < -0.3 is 4.90 Å². The zero-order valence-corrected chi connectivity index (χ0v) is 34.9. The monoisotopic (exact) mass is 801 g/mol. The molecule has 0 aromatic heterocycles. The molecular formula is C62H43N. The molecule has 11 aromatic rings. The molecule has 63 heavy (non-hydrogen) atoms. The van der Waals surface area contributed by atoms with Crippen LogP contribution in [-0.4, -0.2) is 0 Å². The van der Waals surface area contributed by atoms with E-state index in [1.807, 2.05) is 0 Å². The van der Waals surface area contributed by atoms with Gasteiger partial charge in [0.1, 0.15) is 0 Å². The molecule has 1 heteroatoms. The first-order valence-corrected chi connectivity index (χ1v) is 22.1. The van der Waals surface area contributed by atoms with E-state index in [1.165, 1.54) is 98.7 Å². The van der Waals surface area contributed by atoms with Crippen LogP contribution < -0.4 is 4.90 Å². The lowest BCUT2D eigenvalue weighted by Crippen LogP contribution is -2.11. The molecule has 1 nitrogen and oxygen atoms in total. The summed E-state index contributed by atoms with van der Waals surface area (Å²) < 4.78 is 0. The molecule has 0 saturated carbocycles. The van der Waals surface area contributed by atoms with Gasteiger partial charge >= 0.3 is 0 Å². The summed E-state index contributed by atoms with van der Waals surface area (Å²) in [7, 11) is 0. The van der Waals surface area contributed by atoms with Gasteiger partial charge in [-0.3, -0.25) is 0 Å². The lowest BCUT2D eigenvalue weighted by atomic mass is 9.85. The van der Waals surface area contributed by atoms with E-state index in [-0.39, 0.29) is 0 Å². The predicted molar refractivity (Wildman–Crippen MR) is 270 cm³/mol. The van der Waals surface area contributed by atoms with Gasteiger partial charge in [0.2, 0.25) is 0 Å². The largest absolute Gasteiger partial charge is 0.310 e. The van der Waals surface area contributed by atoms with Crippen LogP contribution in [0.1, 0.15) is 17.5 Å². The Labute approximate surface area is 368 Å². The fraction of sp³-hybridized carbons (Fsp3) is 0.0323. The van der Waals surface area contributed by atoms with Crippen LogP contribution in [0.4, 0.5) is 17.1 Å². The third-order valence-corrected chi connectivity index (χ3v) is 13.1. The summed E-state index contributed by atoms with van der Waals surface area (Å²) in [5.74, 6) is 0. The van der Waals surface area contributed by atoms with Gasteiger partial charge in [-0.2, -0.15) is 0 Å². The second-order valence-electron chi connectivity index (χ2n) is 16.7. The van der Waals surface area contributed by atoms with E-state index in [2.05, 4.69) is 242 Å². The topological polar surface area (TPSA) is 3.24 Å². The van der Waals surface area contributed by atoms with Gasteiger partial charge in [-0.1, -0.05) is 206 Å². The highest BCUT2D eigenvalue weighted by Gasteiger charge is 2.23. The van der Waals surface area contributed by atoms with Crippen molar-refractivity contribution in [2.45, 2.75) is 12.8 Å². The second kappa shape index (κ2) is 15.5. The molecule has 0 radical (unpaired) electrons. The number of aryl methyl sites for hydroxylation is 1. The zero-order valence-electron chi connectivity index (χ0n) is 34.9. The van der Waals surface area contributed by atoms with Gasteiger partial charge in [0.25, 0.3) is 0 Å². The lowest BCUT2D eigenvalue weighted by molar-refractivity contribution is 0.986. The molecule has 1 aliphatic rings. The SMILES string of the molecule is C1=Cc2c(cccc2-c2ccc(N(c3ccc(-c4cccc5ccccc45)c(-c4cccc5ccccc45)c3)c3cccc4ccccc34)cc2-c2cccc3ccccc23)CC1. The fourth-order valence-electron chi connectivity index (χ4n) is 10.2. The van der Waals surface area contributed by atoms with E-state index in [9.17, 15) is 0 Å². The molecule has 296 valence electrons. The Morgan fingerprint density at radius 1 is 0.302 bits per heavy atom. The molecule has 12 rings (SSSR count). The highest BCUT2D eigenvalue weighted by Crippen LogP contribution is 2.48. The molecule has 0 amide bonds. The summed E-state index contributed by atoms with van der Waals surface area (Å²) in [6.07, 6.45) is 6.80. The average Bonchev–Trinajstić information content (AvgIpc) is 3.36. The van der Waals surface area contributed by atoms with Gasteiger partial charge in [-0.15, -0.1) is 0 Å². The van der Waals surface area contributed by atoms with Crippen LogP contribution in [0.25, 0.3) is 93.7 Å². The molecule has 0 saturated heterocycles. The normalized spacial score (nSPS) is 12.3. The fourth-order valence-corrected chi connectivity index (χ4v) is 10.2. The number of nitrogens with zero attached hydrogens (tertiary/aromatic N) is 1. The maximum absolute atomic E-state index is 2.49. The van der Waals surface area contributed by atoms with E-state index in [0.717, 1.165) is 29.9 Å². The van der Waals surface area contributed by atoms with Crippen LogP contribution in [0, 0.1) is 0 Å². The minimum absolute atomic E-state index is 1.06. The third-order valence-electron chi connectivity index (χ3n) is 13.1. The standard InChI is InChI=1S/C62H43N/c1-6-26-49-42(16-1)21-11-31-54(49)58-38-36-47(40-60(58)56-33-13-23-44-18-3-8-28-51(44)56)63(62-35-15-25-46-20-5-10-30-53(46)62)48-37-39-59(55-32-12-22-43-17-2-7-27-50(43)55)61(41-48)57-34-14-24-45-19-4-9-29-52(45)57/h1,3-16,18-41H,2,17H2. The Hall–Kier alpha value is -8.00. The van der Waals surface area contributed by atoms with Crippen molar-refractivity contribution in [2.75, 3.05) is 4.90 Å². The molecular weight excluding hydrogens is 759 g/mol. The Balaban J connectivity index is 1.16. The van der Waals surface area contributed by atoms with Gasteiger partial charge in [-0.25, -0.2) is 0 Å². The Morgan fingerprint density at radius 3 is 1.27 bits per heavy atom. The highest BCUT2D eigenvalue weighted by atomic mass is 15.1. The van der Waals surface area contributed by atoms with E-state index in [4.69, 9.17) is 0 Å². The van der Waals surface area contributed by atoms with Gasteiger partial charge in [-0.05, 0) is 137 Å². The minimum atomic E-state index is 1.06. The van der Waals surface area contributed by atoms with Crippen molar-refractivity contribution < 1.29 is 0 Å². The van der Waals surface area contributed by atoms with Gasteiger partial charge in [0.05, 0.1) is 5.69 Å². The molecule has 11 aromatic carbocycles. The highest BCUT2D eigenvalue weighted by molar-refractivity contribution is 6.08. The first-order chi connectivity index (χ1) is 31.3. The molecule has 0 N–H and O–H groups in total. The average molecular weight is 802 g/mol. The quantitative estimate of drug-likeness (QED) is 0.155. The molecule has 0 bridgehead atoms. The number of hydrogen-bond acceptors (Lipinski definition) is 1. The summed E-state index contributed by atoms with van der Waals surface area (Å²) in [6.45, 7) is 0. The number of hydrogen-bond donors (Lipinski definition) is 0. The molecule has 0 atom stereocenters. The van der Waals surface area contributed by atoms with Gasteiger partial charge in [0, 0.05) is 16.8 Å². The molecule has 0 heterocycles. The van der Waals surface area contributed by atoms with Crippen molar-refractivity contribution in [3.05, 3.63) is 242 Å².